The van der Waals surface area contributed by atoms with Crippen LogP contribution in [0.15, 0.2) is 0 Å². The molecule has 3 nitrogen and oxygen atoms in total. The highest BCUT2D eigenvalue weighted by Gasteiger charge is 2.31. The second kappa shape index (κ2) is 5.69. The summed E-state index contributed by atoms with van der Waals surface area (Å²) in [6.07, 6.45) is 3.80. The van der Waals surface area contributed by atoms with E-state index >= 15 is 0 Å². The molecule has 1 saturated heterocycles. The summed E-state index contributed by atoms with van der Waals surface area (Å²) in [7, 11) is 0. The molecular weight excluding hydrogens is 176 g/mol. The van der Waals surface area contributed by atoms with E-state index in [9.17, 15) is 0 Å². The van der Waals surface area contributed by atoms with Crippen LogP contribution >= 0.6 is 0 Å². The molecule has 3 N–H and O–H groups in total. The lowest BCUT2D eigenvalue weighted by Gasteiger charge is -2.27. The smallest absolute Gasteiger partial charge is 0.0767 e. The minimum absolute atomic E-state index is 0.314. The Morgan fingerprint density at radius 2 is 2.29 bits per heavy atom. The molecule has 14 heavy (non-hydrogen) atoms. The van der Waals surface area contributed by atoms with Crippen LogP contribution in [0.5, 0.6) is 0 Å². The minimum Gasteiger partial charge on any atom is -0.376 e. The van der Waals surface area contributed by atoms with E-state index in [4.69, 9.17) is 10.6 Å². The number of nitrogens with one attached hydrogen (secondary N) is 1. The Kier molecular flexibility index (Phi) is 4.85. The number of nitrogens with two attached hydrogens (primary N) is 1. The van der Waals surface area contributed by atoms with Gasteiger partial charge in [-0.05, 0) is 24.7 Å². The van der Waals surface area contributed by atoms with Crippen molar-refractivity contribution in [2.24, 2.45) is 17.7 Å². The van der Waals surface area contributed by atoms with Crippen molar-refractivity contribution in [2.45, 2.75) is 52.2 Å². The molecule has 1 aliphatic heterocycles. The maximum Gasteiger partial charge on any atom is 0.0767 e. The standard InChI is InChI=1S/C11H24N2O/c1-4-8(2)7-10(13-12)11-9(3)5-6-14-11/h8-11,13H,4-7,12H2,1-3H3. The van der Waals surface area contributed by atoms with E-state index in [1.54, 1.807) is 0 Å². The van der Waals surface area contributed by atoms with E-state index in [2.05, 4.69) is 26.2 Å². The number of hydrogen-bond acceptors (Lipinski definition) is 3. The molecule has 0 aromatic carbocycles. The molecule has 84 valence electrons. The Morgan fingerprint density at radius 3 is 2.71 bits per heavy atom. The van der Waals surface area contributed by atoms with Crippen molar-refractivity contribution in [2.75, 3.05) is 6.61 Å². The number of hydrazine groups is 1. The van der Waals surface area contributed by atoms with Crippen LogP contribution in [0, 0.1) is 11.8 Å². The molecule has 0 aromatic rings. The molecule has 4 unspecified atom stereocenters. The van der Waals surface area contributed by atoms with E-state index in [0.29, 0.717) is 24.0 Å². The summed E-state index contributed by atoms with van der Waals surface area (Å²) in [5, 5.41) is 0. The van der Waals surface area contributed by atoms with E-state index in [1.807, 2.05) is 0 Å². The van der Waals surface area contributed by atoms with Crippen LogP contribution in [0.4, 0.5) is 0 Å². The van der Waals surface area contributed by atoms with Crippen molar-refractivity contribution in [3.05, 3.63) is 0 Å². The Morgan fingerprint density at radius 1 is 1.57 bits per heavy atom. The number of rotatable bonds is 5. The highest BCUT2D eigenvalue weighted by atomic mass is 16.5. The summed E-state index contributed by atoms with van der Waals surface area (Å²) >= 11 is 0. The molecule has 1 aliphatic rings. The number of hydrogen-bond donors (Lipinski definition) is 2. The summed E-state index contributed by atoms with van der Waals surface area (Å²) in [5.74, 6) is 6.94. The first-order chi connectivity index (χ1) is 6.69. The van der Waals surface area contributed by atoms with Gasteiger partial charge in [0.15, 0.2) is 0 Å². The van der Waals surface area contributed by atoms with Gasteiger partial charge in [-0.25, -0.2) is 0 Å². The lowest BCUT2D eigenvalue weighted by atomic mass is 9.90. The van der Waals surface area contributed by atoms with Crippen LogP contribution < -0.4 is 11.3 Å². The molecule has 0 bridgehead atoms. The predicted molar refractivity (Wildman–Crippen MR) is 58.7 cm³/mol. The number of ether oxygens (including phenoxy) is 1. The molecule has 4 atom stereocenters. The second-order valence-corrected chi connectivity index (χ2v) is 4.62. The molecule has 0 amide bonds. The first-order valence-electron chi connectivity index (χ1n) is 5.76. The van der Waals surface area contributed by atoms with Crippen LogP contribution in [0.2, 0.25) is 0 Å². The SMILES string of the molecule is CCC(C)CC(NN)C1OCCC1C. The van der Waals surface area contributed by atoms with Crippen LogP contribution in [-0.2, 0) is 4.74 Å². The summed E-state index contributed by atoms with van der Waals surface area (Å²) in [5.41, 5.74) is 2.91. The van der Waals surface area contributed by atoms with Crippen molar-refractivity contribution >= 4 is 0 Å². The molecule has 1 fully saturated rings. The van der Waals surface area contributed by atoms with Gasteiger partial charge in [-0.1, -0.05) is 27.2 Å². The minimum atomic E-state index is 0.314. The van der Waals surface area contributed by atoms with Gasteiger partial charge in [0, 0.05) is 12.6 Å². The highest BCUT2D eigenvalue weighted by molar-refractivity contribution is 4.84. The van der Waals surface area contributed by atoms with Gasteiger partial charge in [0.2, 0.25) is 0 Å². The average molecular weight is 200 g/mol. The third kappa shape index (κ3) is 2.94. The Bertz CT molecular complexity index is 163. The molecule has 0 saturated carbocycles. The van der Waals surface area contributed by atoms with E-state index in [0.717, 1.165) is 13.0 Å². The lowest BCUT2D eigenvalue weighted by molar-refractivity contribution is 0.0533. The molecule has 0 spiro atoms. The summed E-state index contributed by atoms with van der Waals surface area (Å²) in [6, 6.07) is 0.322. The van der Waals surface area contributed by atoms with Crippen molar-refractivity contribution < 1.29 is 4.74 Å². The highest BCUT2D eigenvalue weighted by Crippen LogP contribution is 2.26. The van der Waals surface area contributed by atoms with Gasteiger partial charge in [0.25, 0.3) is 0 Å². The monoisotopic (exact) mass is 200 g/mol. The fourth-order valence-electron chi connectivity index (χ4n) is 2.13. The molecule has 0 radical (unpaired) electrons. The van der Waals surface area contributed by atoms with Crippen LogP contribution in [0.25, 0.3) is 0 Å². The molecule has 1 heterocycles. The maximum absolute atomic E-state index is 5.72. The topological polar surface area (TPSA) is 47.3 Å². The van der Waals surface area contributed by atoms with Gasteiger partial charge < -0.3 is 4.74 Å². The van der Waals surface area contributed by atoms with Gasteiger partial charge in [-0.3, -0.25) is 11.3 Å². The molecule has 0 aliphatic carbocycles. The third-order valence-electron chi connectivity index (χ3n) is 3.41. The maximum atomic E-state index is 5.72. The molecule has 1 rings (SSSR count). The van der Waals surface area contributed by atoms with Gasteiger partial charge >= 0.3 is 0 Å². The fourth-order valence-corrected chi connectivity index (χ4v) is 2.13. The zero-order valence-corrected chi connectivity index (χ0v) is 9.62. The van der Waals surface area contributed by atoms with Crippen molar-refractivity contribution in [1.29, 1.82) is 0 Å². The first kappa shape index (κ1) is 12.0. The van der Waals surface area contributed by atoms with Gasteiger partial charge in [-0.2, -0.15) is 0 Å². The summed E-state index contributed by atoms with van der Waals surface area (Å²) in [6.45, 7) is 7.63. The molecule has 3 heteroatoms. The third-order valence-corrected chi connectivity index (χ3v) is 3.41. The van der Waals surface area contributed by atoms with Crippen molar-refractivity contribution in [3.63, 3.8) is 0 Å². The van der Waals surface area contributed by atoms with Gasteiger partial charge in [0.1, 0.15) is 0 Å². The normalized spacial score (nSPS) is 31.7. The Balaban J connectivity index is 2.44. The van der Waals surface area contributed by atoms with E-state index in [-0.39, 0.29) is 0 Å². The lowest BCUT2D eigenvalue weighted by Crippen LogP contribution is -2.46. The van der Waals surface area contributed by atoms with Crippen LogP contribution in [0.3, 0.4) is 0 Å². The zero-order valence-electron chi connectivity index (χ0n) is 9.62. The van der Waals surface area contributed by atoms with Gasteiger partial charge in [-0.15, -0.1) is 0 Å². The fraction of sp³-hybridized carbons (Fsp3) is 1.00. The zero-order chi connectivity index (χ0) is 10.6. The largest absolute Gasteiger partial charge is 0.376 e. The summed E-state index contributed by atoms with van der Waals surface area (Å²) in [4.78, 5) is 0. The quantitative estimate of drug-likeness (QED) is 0.524. The first-order valence-corrected chi connectivity index (χ1v) is 5.76. The Labute approximate surface area is 87.4 Å². The predicted octanol–water partition coefficient (Wildman–Crippen LogP) is 1.68. The van der Waals surface area contributed by atoms with Crippen molar-refractivity contribution in [3.8, 4) is 0 Å². The van der Waals surface area contributed by atoms with E-state index in [1.165, 1.54) is 12.8 Å². The summed E-state index contributed by atoms with van der Waals surface area (Å²) < 4.78 is 5.72. The van der Waals surface area contributed by atoms with Crippen molar-refractivity contribution in [1.82, 2.24) is 5.43 Å². The second-order valence-electron chi connectivity index (χ2n) is 4.62. The average Bonchev–Trinajstić information content (AvgIpc) is 2.60. The molecular formula is C11H24N2O. The molecule has 0 aromatic heterocycles. The van der Waals surface area contributed by atoms with E-state index < -0.39 is 0 Å². The van der Waals surface area contributed by atoms with Gasteiger partial charge in [0.05, 0.1) is 6.10 Å². The Hall–Kier alpha value is -0.120. The van der Waals surface area contributed by atoms with Crippen LogP contribution in [0.1, 0.15) is 40.0 Å². The van der Waals surface area contributed by atoms with Crippen LogP contribution in [-0.4, -0.2) is 18.8 Å².